The van der Waals surface area contributed by atoms with Crippen molar-refractivity contribution in [3.63, 3.8) is 0 Å². The molecule has 0 aromatic heterocycles. The molecule has 108 valence electrons. The minimum Gasteiger partial charge on any atom is -0.481 e. The number of carboxylic acid groups (broad SMARTS) is 1. The molecule has 0 aromatic rings. The Morgan fingerprint density at radius 3 is 2.89 bits per heavy atom. The van der Waals surface area contributed by atoms with Crippen LogP contribution in [0.1, 0.15) is 39.0 Å². The van der Waals surface area contributed by atoms with E-state index in [1.807, 2.05) is 6.92 Å². The zero-order chi connectivity index (χ0) is 13.9. The van der Waals surface area contributed by atoms with Crippen LogP contribution in [-0.2, 0) is 9.53 Å². The second kappa shape index (κ2) is 5.77. The monoisotopic (exact) mass is 270 g/mol. The van der Waals surface area contributed by atoms with E-state index in [1.54, 1.807) is 4.90 Å². The number of urea groups is 1. The highest BCUT2D eigenvalue weighted by atomic mass is 16.5. The van der Waals surface area contributed by atoms with Crippen LogP contribution >= 0.6 is 0 Å². The van der Waals surface area contributed by atoms with Gasteiger partial charge in [0.15, 0.2) is 0 Å². The van der Waals surface area contributed by atoms with E-state index in [-0.39, 0.29) is 24.0 Å². The third kappa shape index (κ3) is 3.59. The Morgan fingerprint density at radius 1 is 1.47 bits per heavy atom. The smallest absolute Gasteiger partial charge is 0.318 e. The van der Waals surface area contributed by atoms with Gasteiger partial charge in [0.2, 0.25) is 0 Å². The maximum absolute atomic E-state index is 12.3. The number of carbonyl (C=O) groups excluding carboxylic acids is 1. The Hall–Kier alpha value is -1.30. The summed E-state index contributed by atoms with van der Waals surface area (Å²) >= 11 is 0. The largest absolute Gasteiger partial charge is 0.481 e. The summed E-state index contributed by atoms with van der Waals surface area (Å²) in [5.41, 5.74) is -0.317. The highest BCUT2D eigenvalue weighted by Gasteiger charge is 2.35. The summed E-state index contributed by atoms with van der Waals surface area (Å²) in [6.07, 6.45) is 3.53. The van der Waals surface area contributed by atoms with Gasteiger partial charge in [-0.25, -0.2) is 4.79 Å². The number of hydrogen-bond acceptors (Lipinski definition) is 3. The maximum atomic E-state index is 12.3. The number of hydrogen-bond donors (Lipinski definition) is 2. The molecule has 2 aliphatic rings. The predicted molar refractivity (Wildman–Crippen MR) is 69.0 cm³/mol. The maximum Gasteiger partial charge on any atom is 0.318 e. The van der Waals surface area contributed by atoms with Gasteiger partial charge in [-0.15, -0.1) is 0 Å². The summed E-state index contributed by atoms with van der Waals surface area (Å²) in [4.78, 5) is 24.9. The number of nitrogens with one attached hydrogen (secondary N) is 1. The predicted octanol–water partition coefficient (Wildman–Crippen LogP) is 1.20. The average Bonchev–Trinajstić information content (AvgIpc) is 2.75. The Bertz CT molecular complexity index is 353. The topological polar surface area (TPSA) is 78.9 Å². The van der Waals surface area contributed by atoms with Gasteiger partial charge in [0, 0.05) is 19.2 Å². The summed E-state index contributed by atoms with van der Waals surface area (Å²) in [5.74, 6) is -0.847. The number of nitrogens with zero attached hydrogens (tertiary/aromatic N) is 1. The van der Waals surface area contributed by atoms with Gasteiger partial charge in [-0.05, 0) is 32.6 Å². The molecule has 2 aliphatic heterocycles. The van der Waals surface area contributed by atoms with E-state index in [0.717, 1.165) is 25.7 Å². The fourth-order valence-electron chi connectivity index (χ4n) is 2.78. The molecule has 2 saturated heterocycles. The normalized spacial score (nSPS) is 31.2. The summed E-state index contributed by atoms with van der Waals surface area (Å²) in [6.45, 7) is 3.79. The molecule has 2 unspecified atom stereocenters. The highest BCUT2D eigenvalue weighted by Crippen LogP contribution is 2.22. The van der Waals surface area contributed by atoms with Gasteiger partial charge >= 0.3 is 12.0 Å². The fraction of sp³-hybridized carbons (Fsp3) is 0.846. The molecule has 0 radical (unpaired) electrons. The molecule has 0 aromatic carbocycles. The zero-order valence-corrected chi connectivity index (χ0v) is 11.4. The van der Waals surface area contributed by atoms with Crippen molar-refractivity contribution in [1.29, 1.82) is 0 Å². The lowest BCUT2D eigenvalue weighted by molar-refractivity contribution is -0.138. The molecule has 0 aliphatic carbocycles. The molecule has 0 spiro atoms. The molecule has 2 amide bonds. The highest BCUT2D eigenvalue weighted by molar-refractivity contribution is 5.77. The number of ether oxygens (including phenoxy) is 1. The Balaban J connectivity index is 1.96. The van der Waals surface area contributed by atoms with E-state index >= 15 is 0 Å². The third-order valence-corrected chi connectivity index (χ3v) is 3.93. The molecule has 0 bridgehead atoms. The summed E-state index contributed by atoms with van der Waals surface area (Å²) in [6, 6.07) is -0.337. The van der Waals surface area contributed by atoms with Crippen molar-refractivity contribution in [3.05, 3.63) is 0 Å². The molecule has 0 saturated carbocycles. The Labute approximate surface area is 113 Å². The number of rotatable bonds is 3. The summed E-state index contributed by atoms with van der Waals surface area (Å²) in [5, 5.41) is 11.9. The van der Waals surface area contributed by atoms with Gasteiger partial charge in [-0.2, -0.15) is 0 Å². The van der Waals surface area contributed by atoms with Crippen molar-refractivity contribution in [3.8, 4) is 0 Å². The first-order valence-electron chi connectivity index (χ1n) is 6.88. The minimum atomic E-state index is -0.847. The van der Waals surface area contributed by atoms with Crippen LogP contribution in [0.2, 0.25) is 0 Å². The average molecular weight is 270 g/mol. The summed E-state index contributed by atoms with van der Waals surface area (Å²) in [7, 11) is 0. The molecule has 6 nitrogen and oxygen atoms in total. The van der Waals surface area contributed by atoms with E-state index in [2.05, 4.69) is 5.32 Å². The zero-order valence-electron chi connectivity index (χ0n) is 11.4. The SMILES string of the molecule is CC1(NC(=O)N2CCCCC2CC(=O)O)CCOC1. The van der Waals surface area contributed by atoms with E-state index < -0.39 is 5.97 Å². The first-order valence-corrected chi connectivity index (χ1v) is 6.88. The van der Waals surface area contributed by atoms with Crippen molar-refractivity contribution in [2.45, 2.75) is 50.6 Å². The van der Waals surface area contributed by atoms with E-state index in [9.17, 15) is 9.59 Å². The van der Waals surface area contributed by atoms with Crippen LogP contribution < -0.4 is 5.32 Å². The Kier molecular flexibility index (Phi) is 4.29. The molecule has 2 atom stereocenters. The number of piperidine rings is 1. The molecule has 2 N–H and O–H groups in total. The van der Waals surface area contributed by atoms with Gasteiger partial charge < -0.3 is 20.1 Å². The first kappa shape index (κ1) is 14.1. The lowest BCUT2D eigenvalue weighted by Gasteiger charge is -2.37. The Morgan fingerprint density at radius 2 is 2.26 bits per heavy atom. The van der Waals surface area contributed by atoms with Crippen LogP contribution in [0.3, 0.4) is 0 Å². The van der Waals surface area contributed by atoms with Crippen molar-refractivity contribution < 1.29 is 19.4 Å². The fourth-order valence-corrected chi connectivity index (χ4v) is 2.78. The van der Waals surface area contributed by atoms with Gasteiger partial charge in [0.1, 0.15) is 0 Å². The van der Waals surface area contributed by atoms with Crippen molar-refractivity contribution in [2.24, 2.45) is 0 Å². The van der Waals surface area contributed by atoms with Gasteiger partial charge in [-0.1, -0.05) is 0 Å². The van der Waals surface area contributed by atoms with Crippen molar-refractivity contribution in [1.82, 2.24) is 10.2 Å². The van der Waals surface area contributed by atoms with Crippen LogP contribution in [0, 0.1) is 0 Å². The molecular formula is C13H22N2O4. The molecular weight excluding hydrogens is 248 g/mol. The number of aliphatic carboxylic acids is 1. The second-order valence-electron chi connectivity index (χ2n) is 5.73. The van der Waals surface area contributed by atoms with Crippen LogP contribution in [-0.4, -0.2) is 53.3 Å². The quantitative estimate of drug-likeness (QED) is 0.807. The standard InChI is InChI=1S/C13H22N2O4/c1-13(5-7-19-9-13)14-12(18)15-6-3-2-4-10(15)8-11(16)17/h10H,2-9H2,1H3,(H,14,18)(H,16,17). The van der Waals surface area contributed by atoms with Crippen LogP contribution in [0.4, 0.5) is 4.79 Å². The molecule has 2 fully saturated rings. The summed E-state index contributed by atoms with van der Waals surface area (Å²) < 4.78 is 5.31. The van der Waals surface area contributed by atoms with Crippen LogP contribution in [0.5, 0.6) is 0 Å². The van der Waals surface area contributed by atoms with E-state index in [4.69, 9.17) is 9.84 Å². The van der Waals surface area contributed by atoms with Gasteiger partial charge in [0.05, 0.1) is 18.6 Å². The molecule has 6 heteroatoms. The van der Waals surface area contributed by atoms with Crippen LogP contribution in [0.15, 0.2) is 0 Å². The van der Waals surface area contributed by atoms with Gasteiger partial charge in [-0.3, -0.25) is 4.79 Å². The minimum absolute atomic E-state index is 0.0284. The van der Waals surface area contributed by atoms with Crippen molar-refractivity contribution >= 4 is 12.0 Å². The van der Waals surface area contributed by atoms with E-state index in [1.165, 1.54) is 0 Å². The van der Waals surface area contributed by atoms with Crippen LogP contribution in [0.25, 0.3) is 0 Å². The second-order valence-corrected chi connectivity index (χ2v) is 5.73. The van der Waals surface area contributed by atoms with E-state index in [0.29, 0.717) is 19.8 Å². The first-order chi connectivity index (χ1) is 9.00. The number of likely N-dealkylation sites (tertiary alicyclic amines) is 1. The number of carboxylic acids is 1. The molecule has 2 heterocycles. The molecule has 19 heavy (non-hydrogen) atoms. The number of amides is 2. The van der Waals surface area contributed by atoms with Crippen molar-refractivity contribution in [2.75, 3.05) is 19.8 Å². The number of carbonyl (C=O) groups is 2. The van der Waals surface area contributed by atoms with Gasteiger partial charge in [0.25, 0.3) is 0 Å². The lowest BCUT2D eigenvalue weighted by Crippen LogP contribution is -2.56. The third-order valence-electron chi connectivity index (χ3n) is 3.93. The lowest BCUT2D eigenvalue weighted by atomic mass is 9.99. The molecule has 2 rings (SSSR count).